The van der Waals surface area contributed by atoms with Crippen LogP contribution in [-0.2, 0) is 9.53 Å². The Morgan fingerprint density at radius 1 is 1.52 bits per heavy atom. The molecule has 0 unspecified atom stereocenters. The summed E-state index contributed by atoms with van der Waals surface area (Å²) in [5.41, 5.74) is 0. The van der Waals surface area contributed by atoms with Crippen molar-refractivity contribution in [1.82, 2.24) is 20.2 Å². The maximum absolute atomic E-state index is 13.0. The smallest absolute Gasteiger partial charge is 0.407 e. The first-order valence-corrected chi connectivity index (χ1v) is 8.76. The fraction of sp³-hybridized carbons (Fsp3) is 0.667. The van der Waals surface area contributed by atoms with Crippen molar-refractivity contribution in [2.45, 2.75) is 39.3 Å². The number of carbonyl (C=O) groups excluding carboxylic acids is 2. The fourth-order valence-electron chi connectivity index (χ4n) is 2.91. The average molecular weight is 434 g/mol. The van der Waals surface area contributed by atoms with Crippen molar-refractivity contribution in [2.75, 3.05) is 13.7 Å². The lowest BCUT2D eigenvalue weighted by Gasteiger charge is -2.30. The molecule has 128 valence electrons. The molecule has 1 saturated heterocycles. The Hall–Kier alpha value is -1.32. The third-order valence-electron chi connectivity index (χ3n) is 4.06. The first-order chi connectivity index (χ1) is 10.8. The van der Waals surface area contributed by atoms with Crippen molar-refractivity contribution < 1.29 is 14.3 Å². The standard InChI is InChI=1S/C15H23IN4O3/c1-8(2)12(19-15(22)23-4)14(21)20-7-9(3)5-10(20)13-17-6-11(16)18-13/h6,8-10,12H,5,7H2,1-4H3,(H,17,18)(H,19,22)/t9-,10+,12-/m0/s1. The number of amides is 2. The molecule has 1 aromatic rings. The van der Waals surface area contributed by atoms with Gasteiger partial charge in [-0.2, -0.15) is 0 Å². The van der Waals surface area contributed by atoms with Crippen molar-refractivity contribution in [3.63, 3.8) is 0 Å². The minimum atomic E-state index is -0.607. The van der Waals surface area contributed by atoms with Gasteiger partial charge in [-0.05, 0) is 40.8 Å². The van der Waals surface area contributed by atoms with Crippen molar-refractivity contribution in [3.8, 4) is 0 Å². The van der Waals surface area contributed by atoms with Crippen molar-refractivity contribution in [2.24, 2.45) is 11.8 Å². The SMILES string of the molecule is COC(=O)N[C@H](C(=O)N1C[C@@H](C)C[C@@H]1c1ncc(I)[nH]1)C(C)C. The minimum absolute atomic E-state index is 0.0325. The van der Waals surface area contributed by atoms with Gasteiger partial charge in [0.1, 0.15) is 11.9 Å². The van der Waals surface area contributed by atoms with E-state index in [4.69, 9.17) is 0 Å². The summed E-state index contributed by atoms with van der Waals surface area (Å²) < 4.78 is 5.58. The normalized spacial score (nSPS) is 22.3. The molecular formula is C15H23IN4O3. The average Bonchev–Trinajstić information content (AvgIpc) is 3.09. The molecule has 1 aliphatic rings. The van der Waals surface area contributed by atoms with Gasteiger partial charge in [-0.25, -0.2) is 9.78 Å². The molecule has 0 bridgehead atoms. The van der Waals surface area contributed by atoms with Crippen LogP contribution in [0.15, 0.2) is 6.20 Å². The Kier molecular flexibility index (Phi) is 5.88. The summed E-state index contributed by atoms with van der Waals surface area (Å²) in [5.74, 6) is 1.06. The minimum Gasteiger partial charge on any atom is -0.453 e. The monoisotopic (exact) mass is 434 g/mol. The molecule has 3 atom stereocenters. The van der Waals surface area contributed by atoms with E-state index in [1.807, 2.05) is 18.7 Å². The lowest BCUT2D eigenvalue weighted by atomic mass is 10.0. The van der Waals surface area contributed by atoms with E-state index in [0.717, 1.165) is 15.9 Å². The van der Waals surface area contributed by atoms with Crippen LogP contribution >= 0.6 is 22.6 Å². The number of rotatable bonds is 4. The number of methoxy groups -OCH3 is 1. The van der Waals surface area contributed by atoms with Gasteiger partial charge in [0, 0.05) is 6.54 Å². The van der Waals surface area contributed by atoms with Crippen LogP contribution in [0.4, 0.5) is 4.79 Å². The topological polar surface area (TPSA) is 87.3 Å². The molecule has 0 saturated carbocycles. The van der Waals surface area contributed by atoms with E-state index in [1.165, 1.54) is 7.11 Å². The number of H-pyrrole nitrogens is 1. The van der Waals surface area contributed by atoms with Crippen LogP contribution in [0.3, 0.4) is 0 Å². The van der Waals surface area contributed by atoms with Gasteiger partial charge in [0.15, 0.2) is 0 Å². The Morgan fingerprint density at radius 3 is 2.74 bits per heavy atom. The molecule has 2 amide bonds. The summed E-state index contributed by atoms with van der Waals surface area (Å²) in [6.45, 7) is 6.59. The molecule has 2 rings (SSSR count). The highest BCUT2D eigenvalue weighted by Crippen LogP contribution is 2.34. The van der Waals surface area contributed by atoms with Gasteiger partial charge >= 0.3 is 6.09 Å². The molecule has 1 aromatic heterocycles. The number of aromatic amines is 1. The number of halogens is 1. The summed E-state index contributed by atoms with van der Waals surface area (Å²) in [7, 11) is 1.29. The van der Waals surface area contributed by atoms with Crippen molar-refractivity contribution >= 4 is 34.6 Å². The van der Waals surface area contributed by atoms with Crippen LogP contribution in [-0.4, -0.2) is 46.6 Å². The molecule has 23 heavy (non-hydrogen) atoms. The second-order valence-electron chi connectivity index (χ2n) is 6.32. The molecule has 0 radical (unpaired) electrons. The van der Waals surface area contributed by atoms with Crippen molar-refractivity contribution in [1.29, 1.82) is 0 Å². The Bertz CT molecular complexity index is 575. The number of ether oxygens (including phenoxy) is 1. The zero-order valence-corrected chi connectivity index (χ0v) is 16.0. The quantitative estimate of drug-likeness (QED) is 0.713. The van der Waals surface area contributed by atoms with Gasteiger partial charge < -0.3 is 19.9 Å². The largest absolute Gasteiger partial charge is 0.453 e. The van der Waals surface area contributed by atoms with Gasteiger partial charge in [-0.15, -0.1) is 0 Å². The molecule has 8 heteroatoms. The van der Waals surface area contributed by atoms with E-state index in [-0.39, 0.29) is 17.9 Å². The second-order valence-corrected chi connectivity index (χ2v) is 7.48. The number of nitrogens with zero attached hydrogens (tertiary/aromatic N) is 2. The van der Waals surface area contributed by atoms with E-state index >= 15 is 0 Å². The molecule has 7 nitrogen and oxygen atoms in total. The van der Waals surface area contributed by atoms with Crippen LogP contribution in [0.1, 0.15) is 39.1 Å². The van der Waals surface area contributed by atoms with Crippen LogP contribution in [0.5, 0.6) is 0 Å². The predicted molar refractivity (Wildman–Crippen MR) is 93.7 cm³/mol. The number of likely N-dealkylation sites (tertiary alicyclic amines) is 1. The van der Waals surface area contributed by atoms with Crippen molar-refractivity contribution in [3.05, 3.63) is 15.7 Å². The zero-order valence-electron chi connectivity index (χ0n) is 13.8. The maximum Gasteiger partial charge on any atom is 0.407 e. The van der Waals surface area contributed by atoms with E-state index in [0.29, 0.717) is 12.5 Å². The summed E-state index contributed by atoms with van der Waals surface area (Å²) in [6.07, 6.45) is 2.03. The number of carbonyl (C=O) groups is 2. The number of alkyl carbamates (subject to hydrolysis) is 1. The third-order valence-corrected chi connectivity index (χ3v) is 4.61. The first kappa shape index (κ1) is 18.0. The molecular weight excluding hydrogens is 411 g/mol. The first-order valence-electron chi connectivity index (χ1n) is 7.68. The molecule has 1 aliphatic heterocycles. The highest BCUT2D eigenvalue weighted by Gasteiger charge is 2.39. The molecule has 0 aliphatic carbocycles. The number of nitrogens with one attached hydrogen (secondary N) is 2. The lowest BCUT2D eigenvalue weighted by molar-refractivity contribution is -0.135. The number of imidazole rings is 1. The van der Waals surface area contributed by atoms with Crippen LogP contribution in [0.25, 0.3) is 0 Å². The summed E-state index contributed by atoms with van der Waals surface area (Å²) in [6, 6.07) is -0.689. The number of aromatic nitrogens is 2. The van der Waals surface area contributed by atoms with Gasteiger partial charge in [0.25, 0.3) is 0 Å². The van der Waals surface area contributed by atoms with Gasteiger partial charge in [0.2, 0.25) is 5.91 Å². The van der Waals surface area contributed by atoms with E-state index < -0.39 is 12.1 Å². The molecule has 1 fully saturated rings. The van der Waals surface area contributed by atoms with E-state index in [9.17, 15) is 9.59 Å². The molecule has 0 aromatic carbocycles. The molecule has 0 spiro atoms. The number of hydrogen-bond acceptors (Lipinski definition) is 4. The van der Waals surface area contributed by atoms with Crippen LogP contribution in [0, 0.1) is 15.5 Å². The van der Waals surface area contributed by atoms with Crippen LogP contribution in [0.2, 0.25) is 0 Å². The highest BCUT2D eigenvalue weighted by atomic mass is 127. The van der Waals surface area contributed by atoms with Gasteiger partial charge in [-0.3, -0.25) is 4.79 Å². The van der Waals surface area contributed by atoms with E-state index in [1.54, 1.807) is 6.20 Å². The molecule has 2 heterocycles. The third kappa shape index (κ3) is 4.15. The Labute approximate surface area is 149 Å². The lowest BCUT2D eigenvalue weighted by Crippen LogP contribution is -2.51. The number of hydrogen-bond donors (Lipinski definition) is 2. The molecule has 2 N–H and O–H groups in total. The zero-order chi connectivity index (χ0) is 17.1. The predicted octanol–water partition coefficient (Wildman–Crippen LogP) is 2.30. The van der Waals surface area contributed by atoms with Gasteiger partial charge in [-0.1, -0.05) is 20.8 Å². The Morgan fingerprint density at radius 2 is 2.22 bits per heavy atom. The highest BCUT2D eigenvalue weighted by molar-refractivity contribution is 14.1. The Balaban J connectivity index is 2.21. The summed E-state index contributed by atoms with van der Waals surface area (Å²) in [5, 5.41) is 2.65. The van der Waals surface area contributed by atoms with Crippen LogP contribution < -0.4 is 5.32 Å². The van der Waals surface area contributed by atoms with Gasteiger partial charge in [0.05, 0.1) is 23.0 Å². The maximum atomic E-state index is 13.0. The fourth-order valence-corrected chi connectivity index (χ4v) is 3.32. The second kappa shape index (κ2) is 7.50. The summed E-state index contributed by atoms with van der Waals surface area (Å²) >= 11 is 2.17. The summed E-state index contributed by atoms with van der Waals surface area (Å²) in [4.78, 5) is 33.9. The van der Waals surface area contributed by atoms with E-state index in [2.05, 4.69) is 49.5 Å².